The molecule has 1 aliphatic rings. The van der Waals surface area contributed by atoms with Crippen molar-refractivity contribution in [3.63, 3.8) is 0 Å². The van der Waals surface area contributed by atoms with Gasteiger partial charge in [0.2, 0.25) is 0 Å². The molecule has 3 heteroatoms. The molecule has 0 amide bonds. The summed E-state index contributed by atoms with van der Waals surface area (Å²) in [6.45, 7) is 10.1. The summed E-state index contributed by atoms with van der Waals surface area (Å²) in [7, 11) is 0. The van der Waals surface area contributed by atoms with Gasteiger partial charge in [0.05, 0.1) is 0 Å². The van der Waals surface area contributed by atoms with Crippen LogP contribution in [0.15, 0.2) is 22.7 Å². The summed E-state index contributed by atoms with van der Waals surface area (Å²) in [6.07, 6.45) is 2.48. The van der Waals surface area contributed by atoms with Crippen LogP contribution in [0.4, 0.5) is 5.69 Å². The molecule has 2 nitrogen and oxygen atoms in total. The van der Waals surface area contributed by atoms with Crippen molar-refractivity contribution in [2.24, 2.45) is 5.92 Å². The van der Waals surface area contributed by atoms with Gasteiger partial charge in [-0.15, -0.1) is 0 Å². The number of halogens is 1. The van der Waals surface area contributed by atoms with Gasteiger partial charge < -0.3 is 10.2 Å². The Balaban J connectivity index is 2.06. The van der Waals surface area contributed by atoms with Crippen LogP contribution < -0.4 is 10.2 Å². The first-order chi connectivity index (χ1) is 9.11. The molecule has 0 aromatic heterocycles. The molecule has 1 aromatic carbocycles. The van der Waals surface area contributed by atoms with Gasteiger partial charge in [0.25, 0.3) is 0 Å². The third-order valence-corrected chi connectivity index (χ3v) is 4.63. The van der Waals surface area contributed by atoms with Crippen LogP contribution in [0.25, 0.3) is 0 Å². The van der Waals surface area contributed by atoms with Crippen molar-refractivity contribution in [2.45, 2.75) is 46.2 Å². The highest BCUT2D eigenvalue weighted by atomic mass is 79.9. The molecule has 1 aromatic rings. The fraction of sp³-hybridized carbons (Fsp3) is 0.625. The first-order valence-electron chi connectivity index (χ1n) is 7.37. The van der Waals surface area contributed by atoms with Gasteiger partial charge in [-0.1, -0.05) is 35.8 Å². The highest BCUT2D eigenvalue weighted by Gasteiger charge is 2.26. The van der Waals surface area contributed by atoms with Crippen molar-refractivity contribution in [3.05, 3.63) is 28.2 Å². The molecule has 1 heterocycles. The first kappa shape index (κ1) is 14.9. The zero-order valence-corrected chi connectivity index (χ0v) is 13.8. The van der Waals surface area contributed by atoms with E-state index >= 15 is 0 Å². The summed E-state index contributed by atoms with van der Waals surface area (Å²) in [6, 6.07) is 7.45. The van der Waals surface area contributed by atoms with Crippen LogP contribution in [0, 0.1) is 5.92 Å². The zero-order valence-electron chi connectivity index (χ0n) is 12.2. The first-order valence-corrected chi connectivity index (χ1v) is 8.17. The maximum absolute atomic E-state index is 3.71. The molecule has 106 valence electrons. The van der Waals surface area contributed by atoms with E-state index in [4.69, 9.17) is 0 Å². The largest absolute Gasteiger partial charge is 0.369 e. The summed E-state index contributed by atoms with van der Waals surface area (Å²) in [5.41, 5.74) is 2.69. The van der Waals surface area contributed by atoms with Crippen molar-refractivity contribution in [1.82, 2.24) is 5.32 Å². The molecular formula is C16H25BrN2. The molecule has 0 saturated carbocycles. The fourth-order valence-corrected chi connectivity index (χ4v) is 3.42. The second-order valence-corrected chi connectivity index (χ2v) is 6.65. The van der Waals surface area contributed by atoms with E-state index in [1.807, 2.05) is 0 Å². The lowest BCUT2D eigenvalue weighted by atomic mass is 10.1. The minimum absolute atomic E-state index is 0.658. The normalized spacial score (nSPS) is 23.1. The fourth-order valence-electron chi connectivity index (χ4n) is 2.92. The standard InChI is InChI=1S/C16H25BrN2/c1-4-7-18-10-14-5-6-15(9-16(14)17)19-11-12(2)8-13(19)3/h5-6,9,12-13,18H,4,7-8,10-11H2,1-3H3. The summed E-state index contributed by atoms with van der Waals surface area (Å²) < 4.78 is 1.22. The minimum Gasteiger partial charge on any atom is -0.369 e. The Kier molecular flexibility index (Phi) is 5.28. The predicted molar refractivity (Wildman–Crippen MR) is 86.7 cm³/mol. The Morgan fingerprint density at radius 2 is 2.16 bits per heavy atom. The number of benzene rings is 1. The molecule has 1 N–H and O–H groups in total. The van der Waals surface area contributed by atoms with E-state index in [1.54, 1.807) is 0 Å². The van der Waals surface area contributed by atoms with Crippen molar-refractivity contribution in [1.29, 1.82) is 0 Å². The average molecular weight is 325 g/mol. The van der Waals surface area contributed by atoms with Crippen molar-refractivity contribution < 1.29 is 0 Å². The molecule has 1 fully saturated rings. The van der Waals surface area contributed by atoms with Gasteiger partial charge in [-0.25, -0.2) is 0 Å². The average Bonchev–Trinajstić information content (AvgIpc) is 2.71. The highest BCUT2D eigenvalue weighted by Crippen LogP contribution is 2.31. The summed E-state index contributed by atoms with van der Waals surface area (Å²) in [5, 5.41) is 3.45. The lowest BCUT2D eigenvalue weighted by Crippen LogP contribution is -2.26. The zero-order chi connectivity index (χ0) is 13.8. The molecule has 2 atom stereocenters. The number of rotatable bonds is 5. The summed E-state index contributed by atoms with van der Waals surface area (Å²) >= 11 is 3.71. The molecule has 0 radical (unpaired) electrons. The number of hydrogen-bond donors (Lipinski definition) is 1. The second kappa shape index (κ2) is 6.76. The van der Waals surface area contributed by atoms with Crippen LogP contribution in [0.1, 0.15) is 39.2 Å². The van der Waals surface area contributed by atoms with Crippen LogP contribution >= 0.6 is 15.9 Å². The Morgan fingerprint density at radius 3 is 2.74 bits per heavy atom. The molecule has 0 aliphatic carbocycles. The van der Waals surface area contributed by atoms with E-state index in [9.17, 15) is 0 Å². The molecule has 0 bridgehead atoms. The summed E-state index contributed by atoms with van der Waals surface area (Å²) in [5.74, 6) is 0.805. The number of nitrogens with one attached hydrogen (secondary N) is 1. The van der Waals surface area contributed by atoms with Crippen molar-refractivity contribution in [2.75, 3.05) is 18.0 Å². The van der Waals surface area contributed by atoms with E-state index < -0.39 is 0 Å². The van der Waals surface area contributed by atoms with Gasteiger partial charge in [0.15, 0.2) is 0 Å². The molecular weight excluding hydrogens is 300 g/mol. The third kappa shape index (κ3) is 3.73. The lowest BCUT2D eigenvalue weighted by Gasteiger charge is -2.24. The maximum atomic E-state index is 3.71. The Labute approximate surface area is 125 Å². The SMILES string of the molecule is CCCNCc1ccc(N2CC(C)CC2C)cc1Br. The van der Waals surface area contributed by atoms with Crippen molar-refractivity contribution >= 4 is 21.6 Å². The molecule has 19 heavy (non-hydrogen) atoms. The molecule has 1 saturated heterocycles. The lowest BCUT2D eigenvalue weighted by molar-refractivity contribution is 0.625. The number of anilines is 1. The Hall–Kier alpha value is -0.540. The van der Waals surface area contributed by atoms with E-state index in [0.717, 1.165) is 19.0 Å². The smallest absolute Gasteiger partial charge is 0.0380 e. The van der Waals surface area contributed by atoms with Crippen molar-refractivity contribution in [3.8, 4) is 0 Å². The van der Waals surface area contributed by atoms with Gasteiger partial charge in [0.1, 0.15) is 0 Å². The van der Waals surface area contributed by atoms with E-state index in [0.29, 0.717) is 6.04 Å². The highest BCUT2D eigenvalue weighted by molar-refractivity contribution is 9.10. The molecule has 1 aliphatic heterocycles. The van der Waals surface area contributed by atoms with Gasteiger partial charge in [-0.3, -0.25) is 0 Å². The Morgan fingerprint density at radius 1 is 1.37 bits per heavy atom. The van der Waals surface area contributed by atoms with Gasteiger partial charge in [-0.2, -0.15) is 0 Å². The van der Waals surface area contributed by atoms with Crippen LogP contribution in [0.5, 0.6) is 0 Å². The van der Waals surface area contributed by atoms with Gasteiger partial charge in [0, 0.05) is 29.3 Å². The second-order valence-electron chi connectivity index (χ2n) is 5.79. The third-order valence-electron chi connectivity index (χ3n) is 3.89. The molecule has 2 unspecified atom stereocenters. The van der Waals surface area contributed by atoms with Gasteiger partial charge in [-0.05, 0) is 49.9 Å². The number of nitrogens with zero attached hydrogens (tertiary/aromatic N) is 1. The van der Waals surface area contributed by atoms with E-state index in [-0.39, 0.29) is 0 Å². The monoisotopic (exact) mass is 324 g/mol. The van der Waals surface area contributed by atoms with Crippen LogP contribution in [-0.2, 0) is 6.54 Å². The molecule has 0 spiro atoms. The van der Waals surface area contributed by atoms with Crippen LogP contribution in [0.3, 0.4) is 0 Å². The van der Waals surface area contributed by atoms with Crippen LogP contribution in [-0.4, -0.2) is 19.1 Å². The number of hydrogen-bond acceptors (Lipinski definition) is 2. The topological polar surface area (TPSA) is 15.3 Å². The molecule has 2 rings (SSSR count). The van der Waals surface area contributed by atoms with Gasteiger partial charge >= 0.3 is 0 Å². The predicted octanol–water partition coefficient (Wildman–Crippen LogP) is 4.18. The van der Waals surface area contributed by atoms with E-state index in [2.05, 4.69) is 65.1 Å². The minimum atomic E-state index is 0.658. The van der Waals surface area contributed by atoms with E-state index in [1.165, 1.54) is 35.1 Å². The summed E-state index contributed by atoms with van der Waals surface area (Å²) in [4.78, 5) is 2.53. The Bertz CT molecular complexity index is 419. The maximum Gasteiger partial charge on any atom is 0.0380 e. The quantitative estimate of drug-likeness (QED) is 0.817. The van der Waals surface area contributed by atoms with Crippen LogP contribution in [0.2, 0.25) is 0 Å².